The van der Waals surface area contributed by atoms with Crippen LogP contribution in [0.15, 0.2) is 72.1 Å². The summed E-state index contributed by atoms with van der Waals surface area (Å²) in [6.07, 6.45) is 13.2. The van der Waals surface area contributed by atoms with Gasteiger partial charge in [-0.15, -0.1) is 0 Å². The second kappa shape index (κ2) is 13.8. The van der Waals surface area contributed by atoms with Gasteiger partial charge in [0, 0.05) is 9.81 Å². The maximum atomic E-state index is 3.74. The zero-order valence-corrected chi connectivity index (χ0v) is 11.4. The van der Waals surface area contributed by atoms with Crippen molar-refractivity contribution in [1.82, 2.24) is 0 Å². The van der Waals surface area contributed by atoms with E-state index in [9.17, 15) is 0 Å². The molecule has 0 N–H and O–H groups in total. The highest BCUT2D eigenvalue weighted by Gasteiger charge is 1.94. The topological polar surface area (TPSA) is 0 Å². The highest BCUT2D eigenvalue weighted by Crippen LogP contribution is 2.26. The molecule has 16 heavy (non-hydrogen) atoms. The Morgan fingerprint density at radius 2 is 1.62 bits per heavy atom. The Morgan fingerprint density at radius 3 is 2.00 bits per heavy atom. The predicted octanol–water partition coefficient (Wildman–Crippen LogP) is 5.65. The molecule has 0 heterocycles. The van der Waals surface area contributed by atoms with Crippen LogP contribution in [-0.4, -0.2) is 0 Å². The van der Waals surface area contributed by atoms with Gasteiger partial charge in [0.15, 0.2) is 0 Å². The molecule has 0 aliphatic rings. The molecule has 0 aromatic rings. The van der Waals surface area contributed by atoms with Gasteiger partial charge in [-0.1, -0.05) is 75.7 Å². The first-order valence-electron chi connectivity index (χ1n) is 5.37. The fourth-order valence-corrected chi connectivity index (χ4v) is 1.53. The summed E-state index contributed by atoms with van der Waals surface area (Å²) in [5, 5.41) is 0. The third-order valence-corrected chi connectivity index (χ3v) is 2.55. The summed E-state index contributed by atoms with van der Waals surface area (Å²) in [5.41, 5.74) is 0. The molecular formula is C15H22S. The van der Waals surface area contributed by atoms with Crippen molar-refractivity contribution in [3.8, 4) is 0 Å². The molecule has 0 fully saturated rings. The maximum Gasteiger partial charge on any atom is 0.0116 e. The lowest BCUT2D eigenvalue weighted by molar-refractivity contribution is 1.50. The van der Waals surface area contributed by atoms with Gasteiger partial charge in [-0.3, -0.25) is 0 Å². The fraction of sp³-hybridized carbons (Fsp3) is 0.200. The smallest absolute Gasteiger partial charge is 0.0116 e. The van der Waals surface area contributed by atoms with Gasteiger partial charge in [0.05, 0.1) is 0 Å². The second-order valence-electron chi connectivity index (χ2n) is 2.40. The van der Waals surface area contributed by atoms with Gasteiger partial charge in [-0.25, -0.2) is 0 Å². The molecule has 0 unspecified atom stereocenters. The molecule has 0 saturated carbocycles. The second-order valence-corrected chi connectivity index (χ2v) is 3.54. The van der Waals surface area contributed by atoms with E-state index in [2.05, 4.69) is 19.7 Å². The van der Waals surface area contributed by atoms with E-state index in [1.165, 1.54) is 0 Å². The summed E-state index contributed by atoms with van der Waals surface area (Å²) in [7, 11) is 0. The molecule has 0 nitrogen and oxygen atoms in total. The SMILES string of the molecule is C=C/C=C\C(=C/C)S/C(C=C)=C/C=C.CC. The monoisotopic (exact) mass is 234 g/mol. The van der Waals surface area contributed by atoms with Crippen LogP contribution < -0.4 is 0 Å². The Morgan fingerprint density at radius 1 is 1.00 bits per heavy atom. The van der Waals surface area contributed by atoms with Crippen molar-refractivity contribution in [3.63, 3.8) is 0 Å². The van der Waals surface area contributed by atoms with Gasteiger partial charge >= 0.3 is 0 Å². The van der Waals surface area contributed by atoms with Crippen LogP contribution in [0.25, 0.3) is 0 Å². The van der Waals surface area contributed by atoms with Crippen LogP contribution in [0, 0.1) is 0 Å². The molecule has 0 bridgehead atoms. The van der Waals surface area contributed by atoms with E-state index < -0.39 is 0 Å². The Bertz CT molecular complexity index is 291. The van der Waals surface area contributed by atoms with E-state index in [0.717, 1.165) is 9.81 Å². The number of allylic oxidation sites excluding steroid dienone is 7. The minimum Gasteiger partial charge on any atom is -0.0991 e. The average Bonchev–Trinajstić information content (AvgIpc) is 2.35. The van der Waals surface area contributed by atoms with Gasteiger partial charge in [0.2, 0.25) is 0 Å². The largest absolute Gasteiger partial charge is 0.0991 e. The Kier molecular flexibility index (Phi) is 14.8. The minimum atomic E-state index is 1.09. The van der Waals surface area contributed by atoms with Crippen LogP contribution in [0.1, 0.15) is 20.8 Å². The Hall–Kier alpha value is -1.21. The Labute approximate surface area is 105 Å². The van der Waals surface area contributed by atoms with E-state index in [1.54, 1.807) is 23.9 Å². The summed E-state index contributed by atoms with van der Waals surface area (Å²) in [4.78, 5) is 2.25. The summed E-state index contributed by atoms with van der Waals surface area (Å²) in [6.45, 7) is 17.0. The molecule has 1 heteroatoms. The van der Waals surface area contributed by atoms with Crippen molar-refractivity contribution in [2.45, 2.75) is 20.8 Å². The lowest BCUT2D eigenvalue weighted by Crippen LogP contribution is -1.72. The van der Waals surface area contributed by atoms with E-state index in [1.807, 2.05) is 51.2 Å². The van der Waals surface area contributed by atoms with Gasteiger partial charge in [0.1, 0.15) is 0 Å². The highest BCUT2D eigenvalue weighted by molar-refractivity contribution is 8.07. The first-order chi connectivity index (χ1) is 7.78. The van der Waals surface area contributed by atoms with Crippen LogP contribution in [0.2, 0.25) is 0 Å². The third-order valence-electron chi connectivity index (χ3n) is 1.40. The van der Waals surface area contributed by atoms with Crippen molar-refractivity contribution in [1.29, 1.82) is 0 Å². The van der Waals surface area contributed by atoms with E-state index in [-0.39, 0.29) is 0 Å². The number of hydrogen-bond donors (Lipinski definition) is 0. The van der Waals surface area contributed by atoms with Crippen molar-refractivity contribution in [2.75, 3.05) is 0 Å². The molecule has 0 aromatic heterocycles. The van der Waals surface area contributed by atoms with Crippen LogP contribution in [0.4, 0.5) is 0 Å². The van der Waals surface area contributed by atoms with Gasteiger partial charge in [0.25, 0.3) is 0 Å². The number of rotatable bonds is 6. The van der Waals surface area contributed by atoms with Crippen molar-refractivity contribution in [3.05, 3.63) is 72.1 Å². The molecule has 0 aliphatic carbocycles. The lowest BCUT2D eigenvalue weighted by Gasteiger charge is -2.00. The van der Waals surface area contributed by atoms with Crippen LogP contribution in [-0.2, 0) is 0 Å². The maximum absolute atomic E-state index is 3.74. The molecule has 0 amide bonds. The predicted molar refractivity (Wildman–Crippen MR) is 80.5 cm³/mol. The quantitative estimate of drug-likeness (QED) is 0.535. The zero-order chi connectivity index (χ0) is 12.8. The lowest BCUT2D eigenvalue weighted by atomic mass is 10.4. The van der Waals surface area contributed by atoms with Crippen LogP contribution in [0.3, 0.4) is 0 Å². The molecular weight excluding hydrogens is 212 g/mol. The molecule has 0 aromatic carbocycles. The van der Waals surface area contributed by atoms with Crippen LogP contribution >= 0.6 is 11.8 Å². The highest BCUT2D eigenvalue weighted by atomic mass is 32.2. The molecule has 0 aliphatic heterocycles. The summed E-state index contributed by atoms with van der Waals surface area (Å²) < 4.78 is 0. The zero-order valence-electron chi connectivity index (χ0n) is 10.6. The number of thioether (sulfide) groups is 1. The van der Waals surface area contributed by atoms with E-state index >= 15 is 0 Å². The van der Waals surface area contributed by atoms with Crippen LogP contribution in [0.5, 0.6) is 0 Å². The van der Waals surface area contributed by atoms with Gasteiger partial charge in [-0.05, 0) is 19.1 Å². The summed E-state index contributed by atoms with van der Waals surface area (Å²) in [6, 6.07) is 0. The first kappa shape index (κ1) is 17.2. The third kappa shape index (κ3) is 9.35. The normalized spacial score (nSPS) is 11.7. The van der Waals surface area contributed by atoms with Gasteiger partial charge in [-0.2, -0.15) is 0 Å². The average molecular weight is 234 g/mol. The molecule has 0 saturated heterocycles. The molecule has 0 radical (unpaired) electrons. The molecule has 0 rings (SSSR count). The summed E-state index contributed by atoms with van der Waals surface area (Å²) >= 11 is 1.65. The van der Waals surface area contributed by atoms with Gasteiger partial charge < -0.3 is 0 Å². The fourth-order valence-electron chi connectivity index (χ4n) is 0.748. The molecule has 0 spiro atoms. The standard InChI is InChI=1S/C13H16S.C2H6/c1-5-9-11-13(8-4)14-12(7-3)10-6-2;1-2/h5-11H,1-3H2,4H3;1-2H3/b11-9-,12-10+,13-8+;. The summed E-state index contributed by atoms with van der Waals surface area (Å²) in [5.74, 6) is 0. The van der Waals surface area contributed by atoms with Crippen molar-refractivity contribution >= 4 is 11.8 Å². The minimum absolute atomic E-state index is 1.09. The van der Waals surface area contributed by atoms with Crippen molar-refractivity contribution in [2.24, 2.45) is 0 Å². The first-order valence-corrected chi connectivity index (χ1v) is 6.18. The molecule has 0 atom stereocenters. The molecule has 88 valence electrons. The van der Waals surface area contributed by atoms with Crippen molar-refractivity contribution < 1.29 is 0 Å². The van der Waals surface area contributed by atoms with E-state index in [4.69, 9.17) is 0 Å². The van der Waals surface area contributed by atoms with E-state index in [0.29, 0.717) is 0 Å². The Balaban J connectivity index is 0. The number of hydrogen-bond acceptors (Lipinski definition) is 1.